The molecule has 154 valence electrons. The number of aliphatic imine (C=N–C) groups is 1. The molecule has 1 atom stereocenters. The highest BCUT2D eigenvalue weighted by Gasteiger charge is 2.28. The zero-order valence-electron chi connectivity index (χ0n) is 17.0. The lowest BCUT2D eigenvalue weighted by atomic mass is 10.0. The van der Waals surface area contributed by atoms with Gasteiger partial charge in [-0.2, -0.15) is 0 Å². The topological polar surface area (TPSA) is 58.1 Å². The molecule has 0 bridgehead atoms. The van der Waals surface area contributed by atoms with Crippen molar-refractivity contribution < 1.29 is 9.47 Å². The van der Waals surface area contributed by atoms with Crippen molar-refractivity contribution in [2.45, 2.75) is 39.3 Å². The van der Waals surface area contributed by atoms with Crippen LogP contribution in [0.1, 0.15) is 27.7 Å². The van der Waals surface area contributed by atoms with Crippen molar-refractivity contribution in [2.24, 2.45) is 4.99 Å². The zero-order valence-corrected chi connectivity index (χ0v) is 19.4. The molecule has 2 N–H and O–H groups in total. The van der Waals surface area contributed by atoms with Gasteiger partial charge in [0.1, 0.15) is 11.9 Å². The molecule has 1 aliphatic rings. The van der Waals surface area contributed by atoms with Crippen LogP contribution in [0.3, 0.4) is 0 Å². The summed E-state index contributed by atoms with van der Waals surface area (Å²) < 4.78 is 11.4. The number of nitrogens with zero attached hydrogens (tertiary/aromatic N) is 2. The first-order valence-corrected chi connectivity index (χ1v) is 9.58. The lowest BCUT2D eigenvalue weighted by molar-refractivity contribution is -0.00684. The fourth-order valence-corrected chi connectivity index (χ4v) is 2.90. The van der Waals surface area contributed by atoms with E-state index in [0.717, 1.165) is 51.1 Å². The Labute approximate surface area is 181 Å². The molecule has 0 radical (unpaired) electrons. The van der Waals surface area contributed by atoms with Gasteiger partial charge in [0.2, 0.25) is 0 Å². The fraction of sp³-hybridized carbons (Fsp3) is 0.650. The normalized spacial score (nSPS) is 17.0. The Balaban J connectivity index is 0.00000364. The van der Waals surface area contributed by atoms with Crippen LogP contribution in [0, 0.1) is 0 Å². The van der Waals surface area contributed by atoms with Gasteiger partial charge >= 0.3 is 0 Å². The van der Waals surface area contributed by atoms with E-state index < -0.39 is 0 Å². The predicted molar refractivity (Wildman–Crippen MR) is 122 cm³/mol. The Bertz CT molecular complexity index is 548. The molecule has 27 heavy (non-hydrogen) atoms. The summed E-state index contributed by atoms with van der Waals surface area (Å²) in [7, 11) is 0. The van der Waals surface area contributed by atoms with E-state index in [1.807, 2.05) is 30.3 Å². The lowest BCUT2D eigenvalue weighted by Gasteiger charge is -2.39. The predicted octanol–water partition coefficient (Wildman–Crippen LogP) is 2.74. The molecule has 0 spiro atoms. The number of rotatable bonds is 8. The fourth-order valence-electron chi connectivity index (χ4n) is 2.90. The average molecular weight is 490 g/mol. The number of morpholine rings is 1. The minimum Gasteiger partial charge on any atom is -0.489 e. The van der Waals surface area contributed by atoms with Gasteiger partial charge < -0.3 is 20.1 Å². The van der Waals surface area contributed by atoms with Crippen LogP contribution in [-0.4, -0.2) is 68.4 Å². The third-order valence-electron chi connectivity index (χ3n) is 4.47. The second-order valence-corrected chi connectivity index (χ2v) is 7.23. The van der Waals surface area contributed by atoms with Crippen molar-refractivity contribution in [1.82, 2.24) is 15.5 Å². The van der Waals surface area contributed by atoms with E-state index >= 15 is 0 Å². The molecule has 1 saturated heterocycles. The summed E-state index contributed by atoms with van der Waals surface area (Å²) in [5.41, 5.74) is 0.0122. The molecule has 1 unspecified atom stereocenters. The van der Waals surface area contributed by atoms with E-state index in [9.17, 15) is 0 Å². The summed E-state index contributed by atoms with van der Waals surface area (Å²) in [6.07, 6.45) is 0.0495. The Morgan fingerprint density at radius 2 is 1.89 bits per heavy atom. The van der Waals surface area contributed by atoms with Gasteiger partial charge in [-0.1, -0.05) is 18.2 Å². The maximum atomic E-state index is 5.92. The third kappa shape index (κ3) is 8.66. The van der Waals surface area contributed by atoms with E-state index in [1.165, 1.54) is 0 Å². The van der Waals surface area contributed by atoms with Crippen molar-refractivity contribution in [2.75, 3.05) is 45.9 Å². The van der Waals surface area contributed by atoms with Crippen LogP contribution < -0.4 is 15.4 Å². The lowest BCUT2D eigenvalue weighted by Crippen LogP contribution is -2.52. The van der Waals surface area contributed by atoms with Crippen LogP contribution in [-0.2, 0) is 4.74 Å². The standard InChI is InChI=1S/C20H34N4O2.HI/c1-5-21-19(22-15-17(2)26-18-9-7-6-8-10-18)23-16-20(3,4)24-11-13-25-14-12-24;/h6-10,17H,5,11-16H2,1-4H3,(H2,21,22,23);1H. The van der Waals surface area contributed by atoms with Crippen LogP contribution in [0.2, 0.25) is 0 Å². The molecule has 1 aromatic carbocycles. The zero-order chi connectivity index (χ0) is 18.8. The number of benzene rings is 1. The summed E-state index contributed by atoms with van der Waals surface area (Å²) in [6, 6.07) is 9.90. The Morgan fingerprint density at radius 1 is 1.22 bits per heavy atom. The molecule has 0 saturated carbocycles. The maximum Gasteiger partial charge on any atom is 0.191 e. The first-order chi connectivity index (χ1) is 12.5. The van der Waals surface area contributed by atoms with Gasteiger partial charge in [0.15, 0.2) is 5.96 Å². The summed E-state index contributed by atoms with van der Waals surface area (Å²) in [5.74, 6) is 1.72. The molecule has 0 amide bonds. The van der Waals surface area contributed by atoms with Gasteiger partial charge in [0.25, 0.3) is 0 Å². The van der Waals surface area contributed by atoms with Crippen molar-refractivity contribution in [1.29, 1.82) is 0 Å². The van der Waals surface area contributed by atoms with Crippen LogP contribution in [0.4, 0.5) is 0 Å². The van der Waals surface area contributed by atoms with Crippen LogP contribution in [0.25, 0.3) is 0 Å². The van der Waals surface area contributed by atoms with Crippen molar-refractivity contribution >= 4 is 29.9 Å². The van der Waals surface area contributed by atoms with Crippen molar-refractivity contribution in [3.05, 3.63) is 30.3 Å². The SMILES string of the molecule is CCNC(=NCC(C)(C)N1CCOCC1)NCC(C)Oc1ccccc1.I. The van der Waals surface area contributed by atoms with Gasteiger partial charge in [-0.25, -0.2) is 0 Å². The smallest absolute Gasteiger partial charge is 0.191 e. The Morgan fingerprint density at radius 3 is 2.52 bits per heavy atom. The molecule has 1 aliphatic heterocycles. The van der Waals surface area contributed by atoms with Gasteiger partial charge in [0, 0.05) is 25.2 Å². The molecule has 0 aliphatic carbocycles. The first kappa shape index (κ1) is 24.0. The quantitative estimate of drug-likeness (QED) is 0.334. The molecule has 1 aromatic rings. The molecule has 1 heterocycles. The molecule has 2 rings (SSSR count). The number of nitrogens with one attached hydrogen (secondary N) is 2. The summed E-state index contributed by atoms with van der Waals surface area (Å²) in [6.45, 7) is 14.4. The number of guanidine groups is 1. The molecule has 6 nitrogen and oxygen atoms in total. The summed E-state index contributed by atoms with van der Waals surface area (Å²) in [5, 5.41) is 6.70. The number of halogens is 1. The van der Waals surface area contributed by atoms with E-state index in [1.54, 1.807) is 0 Å². The first-order valence-electron chi connectivity index (χ1n) is 9.58. The van der Waals surface area contributed by atoms with Crippen molar-refractivity contribution in [3.8, 4) is 5.75 Å². The third-order valence-corrected chi connectivity index (χ3v) is 4.47. The summed E-state index contributed by atoms with van der Waals surface area (Å²) >= 11 is 0. The van der Waals surface area contributed by atoms with E-state index in [-0.39, 0.29) is 35.6 Å². The van der Waals surface area contributed by atoms with Crippen LogP contribution in [0.5, 0.6) is 5.75 Å². The van der Waals surface area contributed by atoms with Crippen LogP contribution >= 0.6 is 24.0 Å². The highest BCUT2D eigenvalue weighted by molar-refractivity contribution is 14.0. The largest absolute Gasteiger partial charge is 0.489 e. The van der Waals surface area contributed by atoms with Gasteiger partial charge in [-0.05, 0) is 39.8 Å². The van der Waals surface area contributed by atoms with Crippen LogP contribution in [0.15, 0.2) is 35.3 Å². The second-order valence-electron chi connectivity index (χ2n) is 7.23. The van der Waals surface area contributed by atoms with Gasteiger partial charge in [-0.3, -0.25) is 9.89 Å². The molecular weight excluding hydrogens is 455 g/mol. The number of ether oxygens (including phenoxy) is 2. The maximum absolute atomic E-state index is 5.92. The van der Waals surface area contributed by atoms with E-state index in [0.29, 0.717) is 6.54 Å². The Kier molecular flexibility index (Phi) is 11.0. The summed E-state index contributed by atoms with van der Waals surface area (Å²) in [4.78, 5) is 7.24. The van der Waals surface area contributed by atoms with Gasteiger partial charge in [0.05, 0.1) is 26.3 Å². The van der Waals surface area contributed by atoms with E-state index in [2.05, 4.69) is 43.2 Å². The number of hydrogen-bond donors (Lipinski definition) is 2. The molecule has 1 fully saturated rings. The highest BCUT2D eigenvalue weighted by Crippen LogP contribution is 2.16. The molecular formula is C20H35IN4O2. The second kappa shape index (κ2) is 12.4. The minimum atomic E-state index is 0. The Hall–Kier alpha value is -1.06. The number of hydrogen-bond acceptors (Lipinski definition) is 4. The van der Waals surface area contributed by atoms with Crippen molar-refractivity contribution in [3.63, 3.8) is 0 Å². The monoisotopic (exact) mass is 490 g/mol. The van der Waals surface area contributed by atoms with Gasteiger partial charge in [-0.15, -0.1) is 24.0 Å². The van der Waals surface area contributed by atoms with E-state index in [4.69, 9.17) is 14.5 Å². The molecule has 7 heteroatoms. The number of para-hydroxylation sites is 1. The average Bonchev–Trinajstić information content (AvgIpc) is 2.65. The molecule has 0 aromatic heterocycles. The minimum absolute atomic E-state index is 0. The highest BCUT2D eigenvalue weighted by atomic mass is 127.